The number of amides is 1. The number of hydrogen-bond acceptors (Lipinski definition) is 4. The van der Waals surface area contributed by atoms with Crippen molar-refractivity contribution in [2.45, 2.75) is 20.0 Å². The highest BCUT2D eigenvalue weighted by Crippen LogP contribution is 2.05. The third kappa shape index (κ3) is 6.77. The summed E-state index contributed by atoms with van der Waals surface area (Å²) >= 11 is 0. The summed E-state index contributed by atoms with van der Waals surface area (Å²) in [6.45, 7) is 2.52. The molecule has 20 heavy (non-hydrogen) atoms. The molecule has 0 saturated heterocycles. The summed E-state index contributed by atoms with van der Waals surface area (Å²) in [5.74, 6) is -0.283. The van der Waals surface area contributed by atoms with Gasteiger partial charge in [-0.15, -0.1) is 0 Å². The van der Waals surface area contributed by atoms with Crippen LogP contribution in [-0.4, -0.2) is 38.3 Å². The molecule has 0 heterocycles. The van der Waals surface area contributed by atoms with Gasteiger partial charge in [-0.05, 0) is 12.0 Å². The van der Waals surface area contributed by atoms with Crippen LogP contribution in [0.15, 0.2) is 30.3 Å². The summed E-state index contributed by atoms with van der Waals surface area (Å²) in [4.78, 5) is 13.2. The fourth-order valence-electron chi connectivity index (χ4n) is 1.59. The Morgan fingerprint density at radius 2 is 1.90 bits per heavy atom. The van der Waals surface area contributed by atoms with Gasteiger partial charge < -0.3 is 9.64 Å². The summed E-state index contributed by atoms with van der Waals surface area (Å²) in [5.41, 5.74) is 0.877. The maximum Gasteiger partial charge on any atom is 0.410 e. The first kappa shape index (κ1) is 16.8. The smallest absolute Gasteiger partial charge is 0.410 e. The average Bonchev–Trinajstić information content (AvgIpc) is 2.41. The van der Waals surface area contributed by atoms with Crippen LogP contribution in [0.3, 0.4) is 0 Å². The van der Waals surface area contributed by atoms with Crippen molar-refractivity contribution in [1.29, 1.82) is 0 Å². The van der Waals surface area contributed by atoms with Gasteiger partial charge in [-0.1, -0.05) is 37.3 Å². The highest BCUT2D eigenvalue weighted by Gasteiger charge is 2.17. The van der Waals surface area contributed by atoms with Gasteiger partial charge in [-0.3, -0.25) is 0 Å². The van der Waals surface area contributed by atoms with Gasteiger partial charge in [0.2, 0.25) is 9.05 Å². The molecule has 5 nitrogen and oxygen atoms in total. The van der Waals surface area contributed by atoms with Crippen LogP contribution in [0, 0.1) is 0 Å². The predicted octanol–water partition coefficient (Wildman–Crippen LogP) is 2.60. The Hall–Kier alpha value is -1.27. The van der Waals surface area contributed by atoms with Crippen molar-refractivity contribution in [3.05, 3.63) is 35.9 Å². The van der Waals surface area contributed by atoms with Crippen LogP contribution in [0.5, 0.6) is 0 Å². The normalized spacial score (nSPS) is 11.1. The first-order valence-electron chi connectivity index (χ1n) is 6.30. The van der Waals surface area contributed by atoms with Gasteiger partial charge in [0.15, 0.2) is 0 Å². The van der Waals surface area contributed by atoms with Gasteiger partial charge in [0.25, 0.3) is 0 Å². The number of hydrogen-bond donors (Lipinski definition) is 0. The van der Waals surface area contributed by atoms with E-state index >= 15 is 0 Å². The zero-order valence-electron chi connectivity index (χ0n) is 11.3. The molecule has 7 heteroatoms. The lowest BCUT2D eigenvalue weighted by Crippen LogP contribution is -2.35. The first-order valence-corrected chi connectivity index (χ1v) is 8.78. The van der Waals surface area contributed by atoms with E-state index in [-0.39, 0.29) is 18.9 Å². The lowest BCUT2D eigenvalue weighted by Gasteiger charge is -2.20. The highest BCUT2D eigenvalue weighted by molar-refractivity contribution is 8.13. The molecule has 0 spiro atoms. The summed E-state index contributed by atoms with van der Waals surface area (Å²) in [7, 11) is 1.53. The largest absolute Gasteiger partial charge is 0.445 e. The molecule has 0 atom stereocenters. The van der Waals surface area contributed by atoms with E-state index in [2.05, 4.69) is 0 Å². The molecule has 0 N–H and O–H groups in total. The van der Waals surface area contributed by atoms with E-state index in [1.165, 1.54) is 4.90 Å². The Morgan fingerprint density at radius 3 is 2.45 bits per heavy atom. The molecule has 112 valence electrons. The Bertz CT molecular complexity index is 518. The Balaban J connectivity index is 2.51. The van der Waals surface area contributed by atoms with Crippen LogP contribution in [-0.2, 0) is 20.4 Å². The number of carbonyl (C=O) groups excluding carboxylic acids is 1. The molecule has 0 aliphatic carbocycles. The van der Waals surface area contributed by atoms with Crippen LogP contribution in [0.2, 0.25) is 0 Å². The third-order valence-electron chi connectivity index (χ3n) is 2.56. The number of benzene rings is 1. The lowest BCUT2D eigenvalue weighted by atomic mass is 10.2. The maximum atomic E-state index is 11.9. The second-order valence-electron chi connectivity index (χ2n) is 4.27. The first-order chi connectivity index (χ1) is 9.42. The van der Waals surface area contributed by atoms with Crippen molar-refractivity contribution in [1.82, 2.24) is 4.90 Å². The number of halogens is 1. The molecule has 0 aliphatic rings. The van der Waals surface area contributed by atoms with Crippen LogP contribution >= 0.6 is 10.7 Å². The molecule has 0 bridgehead atoms. The second-order valence-corrected chi connectivity index (χ2v) is 7.17. The fraction of sp³-hybridized carbons (Fsp3) is 0.462. The average molecular weight is 320 g/mol. The minimum atomic E-state index is -3.62. The van der Waals surface area contributed by atoms with Gasteiger partial charge in [-0.25, -0.2) is 13.2 Å². The number of rotatable bonds is 7. The van der Waals surface area contributed by atoms with Crippen molar-refractivity contribution in [3.8, 4) is 0 Å². The van der Waals surface area contributed by atoms with E-state index in [0.29, 0.717) is 13.0 Å². The Kier molecular flexibility index (Phi) is 6.81. The topological polar surface area (TPSA) is 63.7 Å². The molecule has 1 amide bonds. The molecule has 1 aromatic carbocycles. The standard InChI is InChI=1S/C13H18ClNO4S/c1-2-8-15(9-10-20(14,17)18)13(16)19-11-12-6-4-3-5-7-12/h3-7H,2,8-11H2,1H3. The maximum absolute atomic E-state index is 11.9. The van der Waals surface area contributed by atoms with Crippen LogP contribution < -0.4 is 0 Å². The van der Waals surface area contributed by atoms with Gasteiger partial charge in [0.05, 0.1) is 5.75 Å². The lowest BCUT2D eigenvalue weighted by molar-refractivity contribution is 0.0983. The molecule has 0 fully saturated rings. The molecule has 0 unspecified atom stereocenters. The van der Waals surface area contributed by atoms with E-state index in [0.717, 1.165) is 5.56 Å². The van der Waals surface area contributed by atoms with E-state index in [1.807, 2.05) is 37.3 Å². The SMILES string of the molecule is CCCN(CCS(=O)(=O)Cl)C(=O)OCc1ccccc1. The molecule has 0 aliphatic heterocycles. The van der Waals surface area contributed by atoms with Gasteiger partial charge in [0.1, 0.15) is 6.61 Å². The number of ether oxygens (including phenoxy) is 1. The minimum absolute atomic E-state index is 0.0350. The predicted molar refractivity (Wildman–Crippen MR) is 78.1 cm³/mol. The van der Waals surface area contributed by atoms with Crippen LogP contribution in [0.1, 0.15) is 18.9 Å². The van der Waals surface area contributed by atoms with Gasteiger partial charge in [-0.2, -0.15) is 0 Å². The van der Waals surface area contributed by atoms with Gasteiger partial charge in [0, 0.05) is 23.8 Å². The molecule has 0 radical (unpaired) electrons. The third-order valence-corrected chi connectivity index (χ3v) is 3.70. The number of nitrogens with zero attached hydrogens (tertiary/aromatic N) is 1. The van der Waals surface area contributed by atoms with Crippen molar-refractivity contribution < 1.29 is 17.9 Å². The summed E-state index contributed by atoms with van der Waals surface area (Å²) in [6.07, 6.45) is 0.180. The van der Waals surface area contributed by atoms with Crippen molar-refractivity contribution in [2.24, 2.45) is 0 Å². The van der Waals surface area contributed by atoms with E-state index in [4.69, 9.17) is 15.4 Å². The molecule has 1 aromatic rings. The minimum Gasteiger partial charge on any atom is -0.445 e. The van der Waals surface area contributed by atoms with E-state index in [1.54, 1.807) is 0 Å². The van der Waals surface area contributed by atoms with Crippen LogP contribution in [0.25, 0.3) is 0 Å². The monoisotopic (exact) mass is 319 g/mol. The number of carbonyl (C=O) groups is 1. The zero-order valence-corrected chi connectivity index (χ0v) is 12.9. The molecular weight excluding hydrogens is 302 g/mol. The zero-order chi connectivity index (χ0) is 15.0. The van der Waals surface area contributed by atoms with Crippen molar-refractivity contribution >= 4 is 25.8 Å². The van der Waals surface area contributed by atoms with Crippen molar-refractivity contribution in [2.75, 3.05) is 18.8 Å². The van der Waals surface area contributed by atoms with E-state index in [9.17, 15) is 13.2 Å². The Morgan fingerprint density at radius 1 is 1.25 bits per heavy atom. The van der Waals surface area contributed by atoms with Crippen LogP contribution in [0.4, 0.5) is 4.79 Å². The van der Waals surface area contributed by atoms with Crippen molar-refractivity contribution in [3.63, 3.8) is 0 Å². The molecule has 1 rings (SSSR count). The molecular formula is C13H18ClNO4S. The highest BCUT2D eigenvalue weighted by atomic mass is 35.7. The van der Waals surface area contributed by atoms with Gasteiger partial charge >= 0.3 is 6.09 Å². The fourth-order valence-corrected chi connectivity index (χ4v) is 2.24. The summed E-state index contributed by atoms with van der Waals surface area (Å²) < 4.78 is 27.0. The Labute approximate surface area is 123 Å². The summed E-state index contributed by atoms with van der Waals surface area (Å²) in [5, 5.41) is 0. The second kappa shape index (κ2) is 8.11. The molecule has 0 saturated carbocycles. The molecule has 0 aromatic heterocycles. The quantitative estimate of drug-likeness (QED) is 0.725. The van der Waals surface area contributed by atoms with E-state index < -0.39 is 15.1 Å². The summed E-state index contributed by atoms with van der Waals surface area (Å²) in [6, 6.07) is 9.28.